The van der Waals surface area contributed by atoms with E-state index in [9.17, 15) is 9.18 Å². The van der Waals surface area contributed by atoms with Gasteiger partial charge in [-0.25, -0.2) is 28.8 Å². The van der Waals surface area contributed by atoms with Crippen molar-refractivity contribution in [1.29, 1.82) is 5.26 Å². The van der Waals surface area contributed by atoms with E-state index in [0.717, 1.165) is 31.4 Å². The topological polar surface area (TPSA) is 91.6 Å². The number of aryl methyl sites for hydroxylation is 1. The minimum atomic E-state index is -0.500. The zero-order valence-electron chi connectivity index (χ0n) is 18.3. The lowest BCUT2D eigenvalue weighted by atomic mass is 9.45. The number of aromatic nitrogens is 5. The van der Waals surface area contributed by atoms with Crippen molar-refractivity contribution in [3.63, 3.8) is 0 Å². The van der Waals surface area contributed by atoms with Gasteiger partial charge in [-0.2, -0.15) is 4.98 Å². The van der Waals surface area contributed by atoms with Gasteiger partial charge >= 0.3 is 5.69 Å². The standard InChI is InChI=1S/C20H17BFN7O.C2H6/c1-13-9-28-10-14(8-16(22)19(28)24-13)18-25-17-3-2-15(11-29(17)20(30)26-18)27-6-4-21(12-23)5-7-27;1-2/h2-3,8-11H,4-7H2,1H3;1-2H3. The lowest BCUT2D eigenvalue weighted by Gasteiger charge is -2.29. The number of rotatable bonds is 2. The van der Waals surface area contributed by atoms with E-state index in [-0.39, 0.29) is 18.2 Å². The van der Waals surface area contributed by atoms with E-state index in [2.05, 4.69) is 25.8 Å². The van der Waals surface area contributed by atoms with Gasteiger partial charge in [-0.3, -0.25) is 0 Å². The zero-order valence-corrected chi connectivity index (χ0v) is 18.3. The first-order valence-corrected chi connectivity index (χ1v) is 10.7. The molecule has 10 heteroatoms. The molecule has 1 aliphatic rings. The quantitative estimate of drug-likeness (QED) is 0.453. The predicted octanol–water partition coefficient (Wildman–Crippen LogP) is 3.26. The third kappa shape index (κ3) is 3.94. The summed E-state index contributed by atoms with van der Waals surface area (Å²) < 4.78 is 17.4. The van der Waals surface area contributed by atoms with Crippen molar-refractivity contribution in [2.24, 2.45) is 0 Å². The van der Waals surface area contributed by atoms with Gasteiger partial charge in [-0.15, -0.1) is 0 Å². The third-order valence-corrected chi connectivity index (χ3v) is 5.47. The Kier molecular flexibility index (Phi) is 5.90. The van der Waals surface area contributed by atoms with Crippen LogP contribution in [0.25, 0.3) is 22.7 Å². The Morgan fingerprint density at radius 2 is 1.84 bits per heavy atom. The highest BCUT2D eigenvalue weighted by Crippen LogP contribution is 2.22. The lowest BCUT2D eigenvalue weighted by molar-refractivity contribution is 0.630. The molecular formula is C22H23BFN7O. The molecule has 32 heavy (non-hydrogen) atoms. The van der Waals surface area contributed by atoms with Gasteiger partial charge in [-0.05, 0) is 37.8 Å². The number of hydrogen-bond donors (Lipinski definition) is 0. The van der Waals surface area contributed by atoms with Crippen LogP contribution in [0.3, 0.4) is 0 Å². The van der Waals surface area contributed by atoms with Crippen LogP contribution in [-0.4, -0.2) is 43.6 Å². The zero-order chi connectivity index (χ0) is 22.8. The lowest BCUT2D eigenvalue weighted by Crippen LogP contribution is -2.36. The van der Waals surface area contributed by atoms with E-state index in [1.165, 1.54) is 10.5 Å². The summed E-state index contributed by atoms with van der Waals surface area (Å²) in [7, 11) is 0. The molecule has 0 N–H and O–H groups in total. The Labute approximate surface area is 185 Å². The Hall–Kier alpha value is -3.74. The second-order valence-electron chi connectivity index (χ2n) is 7.53. The van der Waals surface area contributed by atoms with Gasteiger partial charge in [0.25, 0.3) is 6.71 Å². The minimum Gasteiger partial charge on any atom is -0.372 e. The van der Waals surface area contributed by atoms with Gasteiger partial charge in [0.1, 0.15) is 5.65 Å². The van der Waals surface area contributed by atoms with Crippen molar-refractivity contribution >= 4 is 23.7 Å². The highest BCUT2D eigenvalue weighted by Gasteiger charge is 2.23. The predicted molar refractivity (Wildman–Crippen MR) is 123 cm³/mol. The van der Waals surface area contributed by atoms with Crippen LogP contribution >= 0.6 is 0 Å². The van der Waals surface area contributed by atoms with Crippen LogP contribution in [0.15, 0.2) is 41.6 Å². The summed E-state index contributed by atoms with van der Waals surface area (Å²) >= 11 is 0. The molecule has 1 fully saturated rings. The molecule has 1 aliphatic heterocycles. The molecule has 4 aromatic rings. The molecule has 5 heterocycles. The number of hydrogen-bond acceptors (Lipinski definition) is 6. The fourth-order valence-electron chi connectivity index (χ4n) is 3.89. The molecule has 0 unspecified atom stereocenters. The maximum absolute atomic E-state index is 14.4. The van der Waals surface area contributed by atoms with Crippen molar-refractivity contribution in [3.8, 4) is 17.4 Å². The maximum Gasteiger partial charge on any atom is 0.355 e. The second-order valence-corrected chi connectivity index (χ2v) is 7.53. The molecule has 0 atom stereocenters. The molecule has 4 aromatic heterocycles. The van der Waals surface area contributed by atoms with Crippen molar-refractivity contribution in [2.75, 3.05) is 18.0 Å². The summed E-state index contributed by atoms with van der Waals surface area (Å²) in [4.78, 5) is 27.5. The van der Waals surface area contributed by atoms with Crippen LogP contribution in [0.1, 0.15) is 19.5 Å². The Balaban J connectivity index is 0.00000119. The molecule has 162 valence electrons. The van der Waals surface area contributed by atoms with Gasteiger partial charge in [0.15, 0.2) is 17.3 Å². The number of anilines is 1. The highest BCUT2D eigenvalue weighted by atomic mass is 19.1. The molecule has 0 aromatic carbocycles. The smallest absolute Gasteiger partial charge is 0.355 e. The highest BCUT2D eigenvalue weighted by molar-refractivity contribution is 6.67. The Morgan fingerprint density at radius 1 is 1.09 bits per heavy atom. The number of halogens is 1. The SMILES string of the molecule is CC.Cc1cn2cc(-c3nc(=O)n4cc(N5CCB(C#N)CC5)ccc4n3)cc(F)c2n1. The van der Waals surface area contributed by atoms with Gasteiger partial charge in [0.2, 0.25) is 0 Å². The van der Waals surface area contributed by atoms with Crippen molar-refractivity contribution in [1.82, 2.24) is 23.8 Å². The fraction of sp³-hybridized carbons (Fsp3) is 0.318. The molecule has 0 amide bonds. The Morgan fingerprint density at radius 3 is 2.56 bits per heavy atom. The molecule has 1 saturated heterocycles. The number of fused-ring (bicyclic) bond motifs is 2. The van der Waals surface area contributed by atoms with Gasteiger partial charge in [-0.1, -0.05) is 13.8 Å². The summed E-state index contributed by atoms with van der Waals surface area (Å²) in [6.45, 7) is 7.40. The van der Waals surface area contributed by atoms with Crippen LogP contribution in [0.4, 0.5) is 10.1 Å². The van der Waals surface area contributed by atoms with E-state index in [1.54, 1.807) is 36.0 Å². The maximum atomic E-state index is 14.4. The first-order chi connectivity index (χ1) is 15.5. The fourth-order valence-corrected chi connectivity index (χ4v) is 3.89. The third-order valence-electron chi connectivity index (χ3n) is 5.47. The largest absolute Gasteiger partial charge is 0.372 e. The normalized spacial score (nSPS) is 13.7. The Bertz CT molecular complexity index is 1380. The van der Waals surface area contributed by atoms with E-state index in [0.29, 0.717) is 16.9 Å². The first kappa shape index (κ1) is 21.5. The number of imidazole rings is 1. The monoisotopic (exact) mass is 431 g/mol. The summed E-state index contributed by atoms with van der Waals surface area (Å²) in [6.07, 6.45) is 6.70. The molecular weight excluding hydrogens is 408 g/mol. The van der Waals surface area contributed by atoms with Crippen molar-refractivity contribution in [3.05, 3.63) is 58.8 Å². The summed E-state index contributed by atoms with van der Waals surface area (Å²) in [6, 6.07) is 4.95. The van der Waals surface area contributed by atoms with Crippen LogP contribution < -0.4 is 10.6 Å². The van der Waals surface area contributed by atoms with Gasteiger partial charge in [0.05, 0.1) is 11.4 Å². The van der Waals surface area contributed by atoms with Crippen LogP contribution in [-0.2, 0) is 0 Å². The summed E-state index contributed by atoms with van der Waals surface area (Å²) in [5, 5.41) is 9.06. The molecule has 0 bridgehead atoms. The van der Waals surface area contributed by atoms with Crippen LogP contribution in [0.5, 0.6) is 0 Å². The van der Waals surface area contributed by atoms with Gasteiger partial charge < -0.3 is 9.30 Å². The van der Waals surface area contributed by atoms with E-state index < -0.39 is 11.5 Å². The molecule has 0 aliphatic carbocycles. The first-order valence-electron chi connectivity index (χ1n) is 10.7. The van der Waals surface area contributed by atoms with E-state index >= 15 is 0 Å². The minimum absolute atomic E-state index is 0.0901. The van der Waals surface area contributed by atoms with E-state index in [1.807, 2.05) is 19.9 Å². The number of pyridine rings is 2. The average molecular weight is 431 g/mol. The molecule has 0 radical (unpaired) electrons. The number of nitriles is 1. The van der Waals surface area contributed by atoms with Crippen molar-refractivity contribution < 1.29 is 4.39 Å². The molecule has 0 spiro atoms. The molecule has 5 rings (SSSR count). The van der Waals surface area contributed by atoms with Crippen LogP contribution in [0, 0.1) is 24.0 Å². The van der Waals surface area contributed by atoms with Gasteiger partial charge in [0, 0.05) is 43.2 Å². The molecule has 0 saturated carbocycles. The number of nitrogens with zero attached hydrogens (tertiary/aromatic N) is 7. The van der Waals surface area contributed by atoms with Crippen molar-refractivity contribution in [2.45, 2.75) is 33.4 Å². The van der Waals surface area contributed by atoms with E-state index in [4.69, 9.17) is 5.26 Å². The van der Waals surface area contributed by atoms with Crippen LogP contribution in [0.2, 0.25) is 12.6 Å². The summed E-state index contributed by atoms with van der Waals surface area (Å²) in [5.74, 6) is 1.98. The average Bonchev–Trinajstić information content (AvgIpc) is 3.21. The summed E-state index contributed by atoms with van der Waals surface area (Å²) in [5.41, 5.74) is 2.16. The second kappa shape index (κ2) is 8.79. The molecule has 8 nitrogen and oxygen atoms in total.